The number of aryl methyl sites for hydroxylation is 2. The zero-order valence-corrected chi connectivity index (χ0v) is 18.4. The number of nitrogens with one attached hydrogen (secondary N) is 2. The number of benzene rings is 2. The summed E-state index contributed by atoms with van der Waals surface area (Å²) in [7, 11) is 0. The zero-order chi connectivity index (χ0) is 23.7. The fourth-order valence-electron chi connectivity index (χ4n) is 3.86. The molecule has 0 aliphatic carbocycles. The van der Waals surface area contributed by atoms with E-state index in [1.54, 1.807) is 36.4 Å². The molecule has 2 aromatic carbocycles. The number of carbonyl (C=O) groups excluding carboxylic acids is 3. The van der Waals surface area contributed by atoms with Gasteiger partial charge in [-0.05, 0) is 66.9 Å². The quantitative estimate of drug-likeness (QED) is 0.496. The molecule has 0 atom stereocenters. The van der Waals surface area contributed by atoms with E-state index in [9.17, 15) is 23.2 Å². The minimum absolute atomic E-state index is 0.127. The van der Waals surface area contributed by atoms with Crippen LogP contribution in [-0.2, 0) is 11.2 Å². The van der Waals surface area contributed by atoms with Crippen LogP contribution >= 0.6 is 11.6 Å². The molecule has 1 aliphatic heterocycles. The van der Waals surface area contributed by atoms with Crippen LogP contribution in [0.2, 0.25) is 5.02 Å². The van der Waals surface area contributed by atoms with Crippen molar-refractivity contribution in [2.45, 2.75) is 26.2 Å². The van der Waals surface area contributed by atoms with Crippen LogP contribution in [0, 0.1) is 6.92 Å². The fourth-order valence-corrected chi connectivity index (χ4v) is 4.15. The molecule has 9 heteroatoms. The second-order valence-corrected chi connectivity index (χ2v) is 8.28. The standard InChI is InChI=1S/C24H20ClF2N3O3/c1-13-6-15(8-17(25)7-13)23(32)16-10-19(28-11-16)24(33)29-18-3-4-20-14(9-18)2-5-22(31)30(20)12-21(26)27/h3-4,6-11,21,28H,2,5,12H2,1H3,(H,29,33). The van der Waals surface area contributed by atoms with Gasteiger partial charge in [-0.2, -0.15) is 0 Å². The number of ketones is 1. The Morgan fingerprint density at radius 2 is 1.91 bits per heavy atom. The van der Waals surface area contributed by atoms with Gasteiger partial charge in [0.2, 0.25) is 5.91 Å². The molecule has 0 saturated carbocycles. The van der Waals surface area contributed by atoms with Crippen LogP contribution < -0.4 is 10.2 Å². The maximum Gasteiger partial charge on any atom is 0.272 e. The summed E-state index contributed by atoms with van der Waals surface area (Å²) in [6.45, 7) is 1.17. The van der Waals surface area contributed by atoms with E-state index in [0.29, 0.717) is 39.5 Å². The molecule has 0 fully saturated rings. The van der Waals surface area contributed by atoms with Gasteiger partial charge in [0.1, 0.15) is 5.69 Å². The highest BCUT2D eigenvalue weighted by Gasteiger charge is 2.27. The third kappa shape index (κ3) is 4.96. The second-order valence-electron chi connectivity index (χ2n) is 7.84. The van der Waals surface area contributed by atoms with Gasteiger partial charge in [0.05, 0.1) is 6.54 Å². The van der Waals surface area contributed by atoms with Crippen LogP contribution in [0.15, 0.2) is 48.7 Å². The van der Waals surface area contributed by atoms with Gasteiger partial charge < -0.3 is 15.2 Å². The van der Waals surface area contributed by atoms with E-state index in [-0.39, 0.29) is 23.8 Å². The summed E-state index contributed by atoms with van der Waals surface area (Å²) >= 11 is 6.04. The minimum atomic E-state index is -2.64. The number of rotatable bonds is 6. The number of hydrogen-bond donors (Lipinski definition) is 2. The van der Waals surface area contributed by atoms with Crippen molar-refractivity contribution in [3.63, 3.8) is 0 Å². The second kappa shape index (κ2) is 9.15. The number of carbonyl (C=O) groups is 3. The smallest absolute Gasteiger partial charge is 0.272 e. The van der Waals surface area contributed by atoms with Crippen molar-refractivity contribution in [3.8, 4) is 0 Å². The van der Waals surface area contributed by atoms with Crippen LogP contribution in [0.3, 0.4) is 0 Å². The first kappa shape index (κ1) is 22.7. The van der Waals surface area contributed by atoms with Gasteiger partial charge in [0.15, 0.2) is 5.78 Å². The molecule has 2 amide bonds. The number of anilines is 2. The van der Waals surface area contributed by atoms with Crippen molar-refractivity contribution in [1.82, 2.24) is 4.98 Å². The lowest BCUT2D eigenvalue weighted by Crippen LogP contribution is -2.38. The first-order valence-corrected chi connectivity index (χ1v) is 10.6. The first-order valence-electron chi connectivity index (χ1n) is 10.2. The minimum Gasteiger partial charge on any atom is -0.356 e. The van der Waals surface area contributed by atoms with Crippen molar-refractivity contribution < 1.29 is 23.2 Å². The summed E-state index contributed by atoms with van der Waals surface area (Å²) in [6.07, 6.45) is -0.659. The topological polar surface area (TPSA) is 82.3 Å². The number of hydrogen-bond acceptors (Lipinski definition) is 3. The number of alkyl halides is 2. The van der Waals surface area contributed by atoms with E-state index in [0.717, 1.165) is 10.5 Å². The van der Waals surface area contributed by atoms with Gasteiger partial charge in [-0.15, -0.1) is 0 Å². The SMILES string of the molecule is Cc1cc(Cl)cc(C(=O)c2c[nH]c(C(=O)Nc3ccc4c(c3)CCC(=O)N4CC(F)F)c2)c1. The van der Waals surface area contributed by atoms with Crippen LogP contribution in [0.1, 0.15) is 44.0 Å². The summed E-state index contributed by atoms with van der Waals surface area (Å²) in [5, 5.41) is 3.18. The molecule has 0 spiro atoms. The Morgan fingerprint density at radius 3 is 2.64 bits per heavy atom. The Kier molecular flexibility index (Phi) is 6.29. The van der Waals surface area contributed by atoms with E-state index < -0.39 is 18.9 Å². The number of aromatic nitrogens is 1. The molecule has 2 heterocycles. The zero-order valence-electron chi connectivity index (χ0n) is 17.6. The number of halogens is 3. The summed E-state index contributed by atoms with van der Waals surface area (Å²) in [5.74, 6) is -1.08. The highest BCUT2D eigenvalue weighted by molar-refractivity contribution is 6.31. The summed E-state index contributed by atoms with van der Waals surface area (Å²) in [4.78, 5) is 41.3. The maximum absolute atomic E-state index is 12.8. The molecule has 0 saturated heterocycles. The molecule has 170 valence electrons. The number of H-pyrrole nitrogens is 1. The Balaban J connectivity index is 1.50. The van der Waals surface area contributed by atoms with Gasteiger partial charge >= 0.3 is 0 Å². The fraction of sp³-hybridized carbons (Fsp3) is 0.208. The van der Waals surface area contributed by atoms with Crippen LogP contribution in [-0.4, -0.2) is 35.6 Å². The van der Waals surface area contributed by atoms with E-state index in [1.165, 1.54) is 12.3 Å². The maximum atomic E-state index is 12.8. The molecule has 3 aromatic rings. The van der Waals surface area contributed by atoms with Gasteiger partial charge in [-0.3, -0.25) is 14.4 Å². The molecule has 0 radical (unpaired) electrons. The average molecular weight is 472 g/mol. The predicted octanol–water partition coefficient (Wildman–Crippen LogP) is 5.00. The number of aromatic amines is 1. The lowest BCUT2D eigenvalue weighted by Gasteiger charge is -2.29. The Labute approximate surface area is 193 Å². The van der Waals surface area contributed by atoms with Crippen molar-refractivity contribution in [2.75, 3.05) is 16.8 Å². The molecule has 0 unspecified atom stereocenters. The number of amides is 2. The molecule has 0 bridgehead atoms. The summed E-state index contributed by atoms with van der Waals surface area (Å²) < 4.78 is 25.7. The first-order chi connectivity index (χ1) is 15.7. The van der Waals surface area contributed by atoms with E-state index in [2.05, 4.69) is 10.3 Å². The van der Waals surface area contributed by atoms with Crippen molar-refractivity contribution >= 4 is 40.6 Å². The van der Waals surface area contributed by atoms with Gasteiger partial charge in [-0.25, -0.2) is 8.78 Å². The normalized spacial score (nSPS) is 13.2. The van der Waals surface area contributed by atoms with Crippen molar-refractivity contribution in [1.29, 1.82) is 0 Å². The largest absolute Gasteiger partial charge is 0.356 e. The molecular weight excluding hydrogens is 452 g/mol. The lowest BCUT2D eigenvalue weighted by atomic mass is 10.0. The van der Waals surface area contributed by atoms with Crippen molar-refractivity contribution in [3.05, 3.63) is 81.6 Å². The molecule has 33 heavy (non-hydrogen) atoms. The van der Waals surface area contributed by atoms with Gasteiger partial charge in [0.25, 0.3) is 12.3 Å². The van der Waals surface area contributed by atoms with E-state index in [1.807, 2.05) is 6.92 Å². The Morgan fingerprint density at radius 1 is 1.12 bits per heavy atom. The molecule has 1 aromatic heterocycles. The lowest BCUT2D eigenvalue weighted by molar-refractivity contribution is -0.119. The summed E-state index contributed by atoms with van der Waals surface area (Å²) in [6, 6.07) is 11.3. The summed E-state index contributed by atoms with van der Waals surface area (Å²) in [5.41, 5.74) is 3.35. The number of nitrogens with zero attached hydrogens (tertiary/aromatic N) is 1. The third-order valence-corrected chi connectivity index (χ3v) is 5.57. The molecule has 4 rings (SSSR count). The Hall–Kier alpha value is -3.52. The highest BCUT2D eigenvalue weighted by atomic mass is 35.5. The van der Waals surface area contributed by atoms with Gasteiger partial charge in [0, 0.05) is 40.1 Å². The van der Waals surface area contributed by atoms with E-state index in [4.69, 9.17) is 11.6 Å². The van der Waals surface area contributed by atoms with Crippen molar-refractivity contribution in [2.24, 2.45) is 0 Å². The predicted molar refractivity (Wildman–Crippen MR) is 121 cm³/mol. The molecular formula is C24H20ClF2N3O3. The van der Waals surface area contributed by atoms with Crippen LogP contribution in [0.4, 0.5) is 20.2 Å². The monoisotopic (exact) mass is 471 g/mol. The average Bonchev–Trinajstić information content (AvgIpc) is 3.25. The van der Waals surface area contributed by atoms with Gasteiger partial charge in [-0.1, -0.05) is 11.6 Å². The molecule has 1 aliphatic rings. The molecule has 2 N–H and O–H groups in total. The van der Waals surface area contributed by atoms with Crippen LogP contribution in [0.25, 0.3) is 0 Å². The third-order valence-electron chi connectivity index (χ3n) is 5.35. The number of fused-ring (bicyclic) bond motifs is 1. The van der Waals surface area contributed by atoms with E-state index >= 15 is 0 Å². The molecule has 6 nitrogen and oxygen atoms in total. The Bertz CT molecular complexity index is 1240. The highest BCUT2D eigenvalue weighted by Crippen LogP contribution is 2.31. The van der Waals surface area contributed by atoms with Crippen LogP contribution in [0.5, 0.6) is 0 Å².